The molecule has 0 aliphatic rings. The molecule has 2 heterocycles. The smallest absolute Gasteiger partial charge is 0.231 e. The molecular weight excluding hydrogens is 406 g/mol. The third-order valence-corrected chi connectivity index (χ3v) is 5.16. The van der Waals surface area contributed by atoms with Crippen LogP contribution in [-0.2, 0) is 4.79 Å². The van der Waals surface area contributed by atoms with Crippen molar-refractivity contribution in [1.29, 1.82) is 0 Å². The van der Waals surface area contributed by atoms with Gasteiger partial charge in [0.25, 0.3) is 0 Å². The minimum Gasteiger partial charge on any atom is -0.497 e. The average Bonchev–Trinajstić information content (AvgIpc) is 3.26. The van der Waals surface area contributed by atoms with Crippen LogP contribution in [0.3, 0.4) is 0 Å². The third-order valence-electron chi connectivity index (χ3n) is 5.16. The molecule has 0 saturated carbocycles. The Morgan fingerprint density at radius 2 is 1.81 bits per heavy atom. The number of nitrogens with one attached hydrogen (secondary N) is 1. The summed E-state index contributed by atoms with van der Waals surface area (Å²) in [5.41, 5.74) is 2.49. The van der Waals surface area contributed by atoms with Gasteiger partial charge in [0.15, 0.2) is 11.5 Å². The molecule has 0 spiro atoms. The van der Waals surface area contributed by atoms with Gasteiger partial charge in [0, 0.05) is 11.6 Å². The van der Waals surface area contributed by atoms with E-state index >= 15 is 0 Å². The molecule has 32 heavy (non-hydrogen) atoms. The fourth-order valence-electron chi connectivity index (χ4n) is 3.48. The van der Waals surface area contributed by atoms with Crippen molar-refractivity contribution in [3.8, 4) is 23.0 Å². The molecule has 0 saturated heterocycles. The Bertz CT molecular complexity index is 1180. The van der Waals surface area contributed by atoms with Gasteiger partial charge in [-0.2, -0.15) is 4.52 Å². The van der Waals surface area contributed by atoms with E-state index in [0.717, 1.165) is 23.3 Å². The van der Waals surface area contributed by atoms with Gasteiger partial charge >= 0.3 is 0 Å². The molecule has 0 fully saturated rings. The first-order valence-corrected chi connectivity index (χ1v) is 10.5. The van der Waals surface area contributed by atoms with Gasteiger partial charge in [-0.3, -0.25) is 4.79 Å². The molecule has 1 N–H and O–H groups in total. The summed E-state index contributed by atoms with van der Waals surface area (Å²) in [4.78, 5) is 12.6. The largest absolute Gasteiger partial charge is 0.497 e. The topological polar surface area (TPSA) is 90.6 Å². The van der Waals surface area contributed by atoms with Crippen LogP contribution in [0.5, 0.6) is 11.6 Å². The van der Waals surface area contributed by atoms with Gasteiger partial charge < -0.3 is 14.8 Å². The van der Waals surface area contributed by atoms with E-state index in [9.17, 15) is 4.79 Å². The summed E-state index contributed by atoms with van der Waals surface area (Å²) in [5.74, 6) is 1.62. The zero-order valence-electron chi connectivity index (χ0n) is 18.1. The maximum absolute atomic E-state index is 12.6. The van der Waals surface area contributed by atoms with Crippen molar-refractivity contribution >= 4 is 11.6 Å². The van der Waals surface area contributed by atoms with Crippen LogP contribution in [0.4, 0.5) is 0 Å². The Hall–Kier alpha value is -3.94. The zero-order chi connectivity index (χ0) is 22.3. The number of nitrogens with zero attached hydrogens (tertiary/aromatic N) is 4. The molecule has 0 aliphatic heterocycles. The number of hydrogen-bond donors (Lipinski definition) is 1. The molecule has 8 heteroatoms. The number of rotatable bonds is 9. The van der Waals surface area contributed by atoms with Crippen LogP contribution in [0.25, 0.3) is 17.0 Å². The lowest BCUT2D eigenvalue weighted by Crippen LogP contribution is -2.32. The molecular formula is C24H25N5O3. The van der Waals surface area contributed by atoms with Gasteiger partial charge in [-0.05, 0) is 42.3 Å². The first kappa shape index (κ1) is 21.3. The number of methoxy groups -OCH3 is 1. The van der Waals surface area contributed by atoms with E-state index in [4.69, 9.17) is 9.47 Å². The molecule has 0 radical (unpaired) electrons. The summed E-state index contributed by atoms with van der Waals surface area (Å²) in [6, 6.07) is 20.8. The highest BCUT2D eigenvalue weighted by atomic mass is 16.5. The second-order valence-electron chi connectivity index (χ2n) is 7.20. The van der Waals surface area contributed by atoms with Crippen LogP contribution in [0.2, 0.25) is 0 Å². The molecule has 2 aromatic carbocycles. The summed E-state index contributed by atoms with van der Waals surface area (Å²) in [6.07, 6.45) is 0.733. The number of hydrogen-bond acceptors (Lipinski definition) is 6. The summed E-state index contributed by atoms with van der Waals surface area (Å²) in [7, 11) is 1.62. The maximum atomic E-state index is 12.6. The second kappa shape index (κ2) is 9.91. The highest BCUT2D eigenvalue weighted by Gasteiger charge is 2.18. The van der Waals surface area contributed by atoms with E-state index in [1.807, 2.05) is 61.5 Å². The van der Waals surface area contributed by atoms with Crippen molar-refractivity contribution in [2.45, 2.75) is 19.3 Å². The first-order valence-electron chi connectivity index (χ1n) is 10.5. The number of carbonyl (C=O) groups excluding carboxylic acids is 1. The highest BCUT2D eigenvalue weighted by molar-refractivity contribution is 5.83. The SMILES string of the molecule is CC[C@@H](C(=O)NCCOc1ccc2nnc(-c3ccc(OC)cc3)n2n1)c1ccccc1. The number of fused-ring (bicyclic) bond motifs is 1. The summed E-state index contributed by atoms with van der Waals surface area (Å²) in [5, 5.41) is 15.8. The number of benzene rings is 2. The van der Waals surface area contributed by atoms with Crippen LogP contribution >= 0.6 is 0 Å². The van der Waals surface area contributed by atoms with E-state index < -0.39 is 0 Å². The number of carbonyl (C=O) groups is 1. The minimum absolute atomic E-state index is 0.00804. The average molecular weight is 431 g/mol. The van der Waals surface area contributed by atoms with E-state index in [0.29, 0.717) is 30.5 Å². The van der Waals surface area contributed by atoms with Gasteiger partial charge in [-0.1, -0.05) is 37.3 Å². The Morgan fingerprint density at radius 3 is 2.53 bits per heavy atom. The van der Waals surface area contributed by atoms with Crippen molar-refractivity contribution in [3.63, 3.8) is 0 Å². The van der Waals surface area contributed by atoms with E-state index in [-0.39, 0.29) is 11.8 Å². The van der Waals surface area contributed by atoms with Gasteiger partial charge in [0.1, 0.15) is 12.4 Å². The maximum Gasteiger partial charge on any atom is 0.231 e. The predicted molar refractivity (Wildman–Crippen MR) is 121 cm³/mol. The molecule has 2 aromatic heterocycles. The van der Waals surface area contributed by atoms with Crippen LogP contribution in [-0.4, -0.2) is 46.0 Å². The number of ether oxygens (including phenoxy) is 2. The fourth-order valence-corrected chi connectivity index (χ4v) is 3.48. The van der Waals surface area contributed by atoms with Crippen molar-refractivity contribution in [3.05, 3.63) is 72.3 Å². The lowest BCUT2D eigenvalue weighted by Gasteiger charge is -2.15. The molecule has 1 amide bonds. The normalized spacial score (nSPS) is 11.8. The summed E-state index contributed by atoms with van der Waals surface area (Å²) < 4.78 is 12.6. The zero-order valence-corrected chi connectivity index (χ0v) is 18.1. The van der Waals surface area contributed by atoms with Gasteiger partial charge in [0.05, 0.1) is 19.6 Å². The second-order valence-corrected chi connectivity index (χ2v) is 7.20. The Balaban J connectivity index is 1.38. The van der Waals surface area contributed by atoms with Crippen LogP contribution in [0.15, 0.2) is 66.7 Å². The predicted octanol–water partition coefficient (Wildman–Crippen LogP) is 3.49. The third kappa shape index (κ3) is 4.69. The number of amides is 1. The number of aromatic nitrogens is 4. The highest BCUT2D eigenvalue weighted by Crippen LogP contribution is 2.22. The molecule has 0 bridgehead atoms. The molecule has 164 valence electrons. The monoisotopic (exact) mass is 431 g/mol. The molecule has 4 aromatic rings. The molecule has 1 atom stereocenters. The van der Waals surface area contributed by atoms with Gasteiger partial charge in [0.2, 0.25) is 11.8 Å². The van der Waals surface area contributed by atoms with E-state index in [2.05, 4.69) is 20.6 Å². The van der Waals surface area contributed by atoms with Gasteiger partial charge in [-0.15, -0.1) is 15.3 Å². The van der Waals surface area contributed by atoms with Crippen molar-refractivity contribution in [2.24, 2.45) is 0 Å². The molecule has 4 rings (SSSR count). The lowest BCUT2D eigenvalue weighted by molar-refractivity contribution is -0.122. The summed E-state index contributed by atoms with van der Waals surface area (Å²) in [6.45, 7) is 2.69. The van der Waals surface area contributed by atoms with Crippen LogP contribution < -0.4 is 14.8 Å². The Labute approximate surface area is 186 Å². The molecule has 0 aliphatic carbocycles. The Morgan fingerprint density at radius 1 is 1.03 bits per heavy atom. The minimum atomic E-state index is -0.172. The van der Waals surface area contributed by atoms with E-state index in [1.165, 1.54) is 0 Å². The Kier molecular flexibility index (Phi) is 6.60. The van der Waals surface area contributed by atoms with Crippen LogP contribution in [0, 0.1) is 0 Å². The quantitative estimate of drug-likeness (QED) is 0.408. The standard InChI is InChI=1S/C24H25N5O3/c1-3-20(17-7-5-4-6-8-17)24(30)25-15-16-32-22-14-13-21-26-27-23(29(21)28-22)18-9-11-19(31-2)12-10-18/h4-14,20H,3,15-16H2,1-2H3,(H,25,30)/t20-/m1/s1. The molecule has 0 unspecified atom stereocenters. The van der Waals surface area contributed by atoms with Crippen molar-refractivity contribution < 1.29 is 14.3 Å². The fraction of sp³-hybridized carbons (Fsp3) is 0.250. The summed E-state index contributed by atoms with van der Waals surface area (Å²) >= 11 is 0. The van der Waals surface area contributed by atoms with Crippen molar-refractivity contribution in [2.75, 3.05) is 20.3 Å². The lowest BCUT2D eigenvalue weighted by atomic mass is 9.96. The van der Waals surface area contributed by atoms with Crippen molar-refractivity contribution in [1.82, 2.24) is 25.1 Å². The van der Waals surface area contributed by atoms with E-state index in [1.54, 1.807) is 23.8 Å². The first-order chi connectivity index (χ1) is 15.7. The van der Waals surface area contributed by atoms with Gasteiger partial charge in [-0.25, -0.2) is 0 Å². The van der Waals surface area contributed by atoms with Crippen LogP contribution in [0.1, 0.15) is 24.8 Å². The molecule has 8 nitrogen and oxygen atoms in total.